The van der Waals surface area contributed by atoms with Crippen LogP contribution in [-0.2, 0) is 51.9 Å². The maximum absolute atomic E-state index is 15.5. The number of fused-ring (bicyclic) bond motifs is 4. The number of nitrogens with zero attached hydrogens (tertiary/aromatic N) is 6. The van der Waals surface area contributed by atoms with E-state index in [1.54, 1.807) is 18.2 Å². The van der Waals surface area contributed by atoms with Crippen molar-refractivity contribution in [3.63, 3.8) is 0 Å². The Hall–Kier alpha value is -6.85. The molecule has 3 aliphatic rings. The van der Waals surface area contributed by atoms with E-state index in [-0.39, 0.29) is 50.0 Å². The van der Waals surface area contributed by atoms with Gasteiger partial charge in [0.25, 0.3) is 0 Å². The van der Waals surface area contributed by atoms with Gasteiger partial charge in [0.05, 0.1) is 11.1 Å². The summed E-state index contributed by atoms with van der Waals surface area (Å²) >= 11 is 0. The molecular formula is C57H78N10O8. The lowest BCUT2D eigenvalue weighted by Crippen LogP contribution is -2.62. The predicted octanol–water partition coefficient (Wildman–Crippen LogP) is 5.29. The van der Waals surface area contributed by atoms with Crippen molar-refractivity contribution in [3.8, 4) is 6.01 Å². The van der Waals surface area contributed by atoms with Crippen molar-refractivity contribution >= 4 is 63.2 Å². The van der Waals surface area contributed by atoms with Gasteiger partial charge in [0, 0.05) is 62.2 Å². The number of piperidine rings is 1. The number of aromatic hydroxyl groups is 1. The van der Waals surface area contributed by atoms with Crippen LogP contribution in [0.15, 0.2) is 67.5 Å². The zero-order chi connectivity index (χ0) is 54.5. The number of nitrogens with one attached hydrogen (secondary N) is 4. The number of carbonyl (C=O) groups excluding carboxylic acids is 7. The number of hydrogen-bond donors (Lipinski definition) is 5. The summed E-state index contributed by atoms with van der Waals surface area (Å²) in [6.45, 7) is 17.7. The fourth-order valence-electron chi connectivity index (χ4n) is 11.2. The maximum Gasteiger partial charge on any atom is 0.314 e. The molecule has 75 heavy (non-hydrogen) atoms. The molecule has 2 saturated heterocycles. The molecule has 7 atom stereocenters. The summed E-state index contributed by atoms with van der Waals surface area (Å²) in [7, 11) is 3.04. The molecule has 2 aromatic heterocycles. The van der Waals surface area contributed by atoms with Crippen molar-refractivity contribution in [1.29, 1.82) is 0 Å². The highest BCUT2D eigenvalue weighted by Crippen LogP contribution is 2.32. The summed E-state index contributed by atoms with van der Waals surface area (Å²) in [5.41, 5.74) is 2.17. The third-order valence-corrected chi connectivity index (χ3v) is 15.5. The van der Waals surface area contributed by atoms with Crippen LogP contribution in [-0.4, -0.2) is 139 Å². The zero-order valence-electron chi connectivity index (χ0n) is 45.2. The molecule has 2 bridgehead atoms. The molecule has 18 heteroatoms. The fourth-order valence-corrected chi connectivity index (χ4v) is 11.2. The number of carbonyl (C=O) groups is 7. The molecule has 7 amide bonds. The van der Waals surface area contributed by atoms with Crippen LogP contribution in [0.25, 0.3) is 21.8 Å². The number of hydrogen-bond acceptors (Lipinski definition) is 10. The van der Waals surface area contributed by atoms with Crippen LogP contribution in [0.3, 0.4) is 0 Å². The van der Waals surface area contributed by atoms with E-state index < -0.39 is 95.2 Å². The minimum absolute atomic E-state index is 0.0172. The molecule has 4 aromatic rings. The molecule has 18 nitrogen and oxygen atoms in total. The quantitative estimate of drug-likeness (QED) is 0.115. The first-order valence-electron chi connectivity index (χ1n) is 26.8. The third kappa shape index (κ3) is 13.0. The number of benzene rings is 2. The molecule has 5 N–H and O–H groups in total. The molecule has 3 fully saturated rings. The molecular weight excluding hydrogens is 953 g/mol. The van der Waals surface area contributed by atoms with Crippen molar-refractivity contribution in [2.24, 2.45) is 17.8 Å². The van der Waals surface area contributed by atoms with Crippen LogP contribution < -0.4 is 21.3 Å². The Morgan fingerprint density at radius 2 is 1.39 bits per heavy atom. The van der Waals surface area contributed by atoms with E-state index >= 15 is 14.4 Å². The number of amides is 7. The Labute approximate surface area is 440 Å². The molecule has 0 spiro atoms. The summed E-state index contributed by atoms with van der Waals surface area (Å²) < 4.78 is 2.08. The van der Waals surface area contributed by atoms with Crippen LogP contribution in [0.5, 0.6) is 6.01 Å². The van der Waals surface area contributed by atoms with Crippen LogP contribution in [0.2, 0.25) is 0 Å². The van der Waals surface area contributed by atoms with Gasteiger partial charge in [-0.05, 0) is 100.0 Å². The smallest absolute Gasteiger partial charge is 0.314 e. The van der Waals surface area contributed by atoms with Gasteiger partial charge in [-0.25, -0.2) is 4.98 Å². The molecule has 0 unspecified atom stereocenters. The lowest BCUT2D eigenvalue weighted by Gasteiger charge is -2.41. The average molecular weight is 1030 g/mol. The Morgan fingerprint density at radius 3 is 2.08 bits per heavy atom. The lowest BCUT2D eigenvalue weighted by molar-refractivity contribution is -0.153. The highest BCUT2D eigenvalue weighted by molar-refractivity contribution is 5.99. The molecule has 1 saturated carbocycles. The van der Waals surface area contributed by atoms with Crippen molar-refractivity contribution in [2.75, 3.05) is 20.6 Å². The van der Waals surface area contributed by atoms with Gasteiger partial charge in [-0.2, -0.15) is 4.98 Å². The van der Waals surface area contributed by atoms with Crippen LogP contribution >= 0.6 is 0 Å². The van der Waals surface area contributed by atoms with E-state index in [1.807, 2.05) is 78.1 Å². The zero-order valence-corrected chi connectivity index (χ0v) is 45.2. The minimum atomic E-state index is -1.28. The highest BCUT2D eigenvalue weighted by atomic mass is 16.3. The first-order valence-corrected chi connectivity index (χ1v) is 26.8. The second-order valence-corrected chi connectivity index (χ2v) is 22.5. The van der Waals surface area contributed by atoms with Crippen molar-refractivity contribution in [1.82, 2.24) is 50.5 Å². The van der Waals surface area contributed by atoms with Crippen LogP contribution in [0.4, 0.5) is 0 Å². The van der Waals surface area contributed by atoms with Crippen molar-refractivity contribution < 1.29 is 38.7 Å². The van der Waals surface area contributed by atoms with Crippen LogP contribution in [0.1, 0.15) is 117 Å². The molecule has 1 aliphatic carbocycles. The van der Waals surface area contributed by atoms with Gasteiger partial charge in [0.2, 0.25) is 41.4 Å². The SMILES string of the molecule is C=CC(C)(C)n1cc(C[C@@H]2NC(=O)[C@H](CC3CCCC3)NC(=O)[C@H](CC(C)C)N3CCC[C@@H](C3=O)N(C)C(=O)[C@H](C)NC(=O)[C@H](Cc3ccc4nc(O)ncc4c3)NC(=O)[C@H](CC(C)C)N(C)C2=O)c2ccccc21. The van der Waals surface area contributed by atoms with Crippen molar-refractivity contribution in [3.05, 3.63) is 78.6 Å². The van der Waals surface area contributed by atoms with E-state index in [0.29, 0.717) is 35.7 Å². The van der Waals surface area contributed by atoms with Gasteiger partial charge in [0.15, 0.2) is 0 Å². The van der Waals surface area contributed by atoms with Crippen molar-refractivity contribution in [2.45, 2.75) is 167 Å². The molecule has 0 radical (unpaired) electrons. The summed E-state index contributed by atoms with van der Waals surface area (Å²) in [5, 5.41) is 23.3. The van der Waals surface area contributed by atoms with Gasteiger partial charge in [-0.3, -0.25) is 33.6 Å². The summed E-state index contributed by atoms with van der Waals surface area (Å²) in [5.74, 6) is -3.96. The van der Waals surface area contributed by atoms with Gasteiger partial charge >= 0.3 is 6.01 Å². The third-order valence-electron chi connectivity index (χ3n) is 15.5. The van der Waals surface area contributed by atoms with E-state index in [4.69, 9.17) is 0 Å². The number of rotatable bonds is 12. The first-order chi connectivity index (χ1) is 35.6. The predicted molar refractivity (Wildman–Crippen MR) is 287 cm³/mol. The number of allylic oxidation sites excluding steroid dienone is 1. The lowest BCUT2D eigenvalue weighted by atomic mass is 9.94. The van der Waals surface area contributed by atoms with E-state index in [9.17, 15) is 24.3 Å². The van der Waals surface area contributed by atoms with Gasteiger partial charge in [-0.1, -0.05) is 83.7 Å². The monoisotopic (exact) mass is 1030 g/mol. The minimum Gasteiger partial charge on any atom is -0.479 e. The Kier molecular flexibility index (Phi) is 17.7. The van der Waals surface area contributed by atoms with Gasteiger partial charge < -0.3 is 45.6 Å². The second kappa shape index (κ2) is 23.8. The van der Waals surface area contributed by atoms with E-state index in [0.717, 1.165) is 42.1 Å². The van der Waals surface area contributed by atoms with Gasteiger partial charge in [-0.15, -0.1) is 6.58 Å². The Morgan fingerprint density at radius 1 is 0.747 bits per heavy atom. The summed E-state index contributed by atoms with van der Waals surface area (Å²) in [6.07, 6.45) is 10.5. The topological polar surface area (TPSA) is 228 Å². The standard InChI is InChI=1S/C57H78N10O8/c1-11-57(7,8)67-32-39(40-19-14-15-20-45(40)67)30-44-54(73)65(10)47(25-33(2)3)51(70)60-43(29-37-22-23-41-38(27-37)31-58-56(75)63-41)49(68)59-35(6)53(72)64(9)46-21-16-24-66(55(46)74)48(26-34(4)5)52(71)61-42(50(69)62-44)28-36-17-12-13-18-36/h11,14-15,19-20,22-23,27,31-36,42-44,46-48H,1,12-13,16-18,21,24-26,28-30H2,2-10H3,(H,59,68)(H,60,70)(H,61,71)(H,62,69)(H,58,63,75)/t35-,42-,43-,44-,46-,47-,48-/m0/s1. The summed E-state index contributed by atoms with van der Waals surface area (Å²) in [4.78, 5) is 116. The summed E-state index contributed by atoms with van der Waals surface area (Å²) in [6, 6.07) is 4.69. The maximum atomic E-state index is 15.5. The fraction of sp³-hybridized carbons (Fsp3) is 0.561. The van der Waals surface area contributed by atoms with E-state index in [1.165, 1.54) is 41.9 Å². The molecule has 2 aromatic carbocycles. The number of likely N-dealkylation sites (N-methyl/N-ethyl adjacent to an activating group) is 2. The number of para-hydroxylation sites is 1. The second-order valence-electron chi connectivity index (χ2n) is 22.5. The number of aromatic nitrogens is 3. The Bertz CT molecular complexity index is 2780. The molecule has 4 heterocycles. The molecule has 404 valence electrons. The molecule has 7 rings (SSSR count). The normalized spacial score (nSPS) is 24.7. The first kappa shape index (κ1) is 55.9. The average Bonchev–Trinajstić information content (AvgIpc) is 4.04. The van der Waals surface area contributed by atoms with Gasteiger partial charge in [0.1, 0.15) is 42.3 Å². The largest absolute Gasteiger partial charge is 0.479 e. The molecule has 2 aliphatic heterocycles. The Balaban J connectivity index is 1.34. The van der Waals surface area contributed by atoms with E-state index in [2.05, 4.69) is 42.4 Å². The van der Waals surface area contributed by atoms with Crippen LogP contribution in [0, 0.1) is 17.8 Å². The highest BCUT2D eigenvalue weighted by Gasteiger charge is 2.43.